The predicted octanol–water partition coefficient (Wildman–Crippen LogP) is 4.60. The molecule has 0 heterocycles. The van der Waals surface area contributed by atoms with E-state index in [1.165, 1.54) is 0 Å². The molecule has 0 aliphatic carbocycles. The topological polar surface area (TPSA) is 77.7 Å². The van der Waals surface area contributed by atoms with Gasteiger partial charge in [0.2, 0.25) is 0 Å². The van der Waals surface area contributed by atoms with Gasteiger partial charge in [-0.3, -0.25) is 4.79 Å². The van der Waals surface area contributed by atoms with Gasteiger partial charge in [-0.1, -0.05) is 36.4 Å². The average molecular weight is 427 g/mol. The van der Waals surface area contributed by atoms with Crippen molar-refractivity contribution in [3.63, 3.8) is 0 Å². The largest absolute Gasteiger partial charge is 0.484 e. The van der Waals surface area contributed by atoms with E-state index in [4.69, 9.17) is 10.00 Å². The number of hydrogen-bond acceptors (Lipinski definition) is 5. The van der Waals surface area contributed by atoms with Gasteiger partial charge < -0.3 is 9.64 Å². The van der Waals surface area contributed by atoms with Crippen LogP contribution in [0.25, 0.3) is 11.1 Å². The van der Waals surface area contributed by atoms with E-state index in [0.717, 1.165) is 35.5 Å². The highest BCUT2D eigenvalue weighted by atomic mass is 16.5. The maximum atomic E-state index is 12.0. The standard InChI is InChI=1S/C26H26N4O2/c1-3-30(4-2)24-13-7-21(8-14-24)18-28-29-26(31)19-32-25-15-11-23(12-16-25)22-9-5-20(17-27)6-10-22/h5-16,18H,3-4,19H2,1-2H3,(H,29,31)/b28-18-. The molecule has 1 N–H and O–H groups in total. The number of carbonyl (C=O) groups is 1. The van der Waals surface area contributed by atoms with Crippen molar-refractivity contribution >= 4 is 17.8 Å². The zero-order valence-electron chi connectivity index (χ0n) is 18.3. The number of hydrazone groups is 1. The van der Waals surface area contributed by atoms with Crippen molar-refractivity contribution in [2.24, 2.45) is 5.10 Å². The fourth-order valence-corrected chi connectivity index (χ4v) is 3.20. The molecule has 0 atom stereocenters. The number of anilines is 1. The van der Waals surface area contributed by atoms with Crippen LogP contribution in [0.3, 0.4) is 0 Å². The second-order valence-corrected chi connectivity index (χ2v) is 7.06. The molecule has 3 aromatic carbocycles. The normalized spacial score (nSPS) is 10.5. The molecule has 0 aliphatic heterocycles. The van der Waals surface area contributed by atoms with Gasteiger partial charge in [-0.2, -0.15) is 10.4 Å². The van der Waals surface area contributed by atoms with Gasteiger partial charge in [0.15, 0.2) is 6.61 Å². The Labute approximate surface area is 188 Å². The van der Waals surface area contributed by atoms with Crippen molar-refractivity contribution in [3.05, 3.63) is 83.9 Å². The number of hydrogen-bond donors (Lipinski definition) is 1. The minimum atomic E-state index is -0.336. The Morgan fingerprint density at radius 1 is 0.969 bits per heavy atom. The summed E-state index contributed by atoms with van der Waals surface area (Å²) in [7, 11) is 0. The quantitative estimate of drug-likeness (QED) is 0.401. The van der Waals surface area contributed by atoms with Crippen molar-refractivity contribution in [1.29, 1.82) is 5.26 Å². The predicted molar refractivity (Wildman–Crippen MR) is 128 cm³/mol. The first-order chi connectivity index (χ1) is 15.6. The van der Waals surface area contributed by atoms with E-state index in [9.17, 15) is 4.79 Å². The first-order valence-corrected chi connectivity index (χ1v) is 10.5. The van der Waals surface area contributed by atoms with Gasteiger partial charge in [-0.05, 0) is 66.9 Å². The van der Waals surface area contributed by atoms with Crippen LogP contribution < -0.4 is 15.1 Å². The number of benzene rings is 3. The lowest BCUT2D eigenvalue weighted by atomic mass is 10.0. The Balaban J connectivity index is 1.46. The van der Waals surface area contributed by atoms with Crippen molar-refractivity contribution in [2.75, 3.05) is 24.6 Å². The number of carbonyl (C=O) groups excluding carboxylic acids is 1. The molecule has 0 saturated carbocycles. The maximum Gasteiger partial charge on any atom is 0.277 e. The minimum Gasteiger partial charge on any atom is -0.484 e. The van der Waals surface area contributed by atoms with Crippen molar-refractivity contribution < 1.29 is 9.53 Å². The summed E-state index contributed by atoms with van der Waals surface area (Å²) in [6.07, 6.45) is 1.61. The van der Waals surface area contributed by atoms with E-state index in [2.05, 4.69) is 35.3 Å². The lowest BCUT2D eigenvalue weighted by Crippen LogP contribution is -2.24. The van der Waals surface area contributed by atoms with E-state index in [1.807, 2.05) is 60.7 Å². The summed E-state index contributed by atoms with van der Waals surface area (Å²) in [6.45, 7) is 6.03. The van der Waals surface area contributed by atoms with Gasteiger partial charge in [0, 0.05) is 18.8 Å². The molecule has 0 radical (unpaired) electrons. The van der Waals surface area contributed by atoms with E-state index in [0.29, 0.717) is 11.3 Å². The maximum absolute atomic E-state index is 12.0. The lowest BCUT2D eigenvalue weighted by Gasteiger charge is -2.20. The van der Waals surface area contributed by atoms with Crippen molar-refractivity contribution in [1.82, 2.24) is 5.43 Å². The summed E-state index contributed by atoms with van der Waals surface area (Å²) in [5, 5.41) is 12.9. The first kappa shape index (κ1) is 22.6. The Bertz CT molecular complexity index is 1080. The molecule has 0 aliphatic rings. The van der Waals surface area contributed by atoms with Crippen LogP contribution in [-0.4, -0.2) is 31.8 Å². The van der Waals surface area contributed by atoms with E-state index in [1.54, 1.807) is 18.3 Å². The Morgan fingerprint density at radius 3 is 2.12 bits per heavy atom. The third-order valence-corrected chi connectivity index (χ3v) is 5.00. The van der Waals surface area contributed by atoms with Crippen LogP contribution in [0.15, 0.2) is 77.9 Å². The average Bonchev–Trinajstić information content (AvgIpc) is 2.85. The van der Waals surface area contributed by atoms with Gasteiger partial charge in [0.05, 0.1) is 17.8 Å². The monoisotopic (exact) mass is 426 g/mol. The fourth-order valence-electron chi connectivity index (χ4n) is 3.20. The summed E-state index contributed by atoms with van der Waals surface area (Å²) < 4.78 is 5.53. The fraction of sp³-hybridized carbons (Fsp3) is 0.192. The molecule has 0 bridgehead atoms. The van der Waals surface area contributed by atoms with Crippen molar-refractivity contribution in [2.45, 2.75) is 13.8 Å². The summed E-state index contributed by atoms with van der Waals surface area (Å²) in [5.41, 5.74) is 7.18. The molecule has 32 heavy (non-hydrogen) atoms. The molecular weight excluding hydrogens is 400 g/mol. The van der Waals surface area contributed by atoms with Crippen LogP contribution in [0.5, 0.6) is 5.75 Å². The van der Waals surface area contributed by atoms with E-state index in [-0.39, 0.29) is 12.5 Å². The van der Waals surface area contributed by atoms with Crippen LogP contribution in [0.4, 0.5) is 5.69 Å². The molecule has 3 rings (SSSR count). The molecule has 0 fully saturated rings. The van der Waals surface area contributed by atoms with Crippen LogP contribution >= 0.6 is 0 Å². The number of nitrogens with one attached hydrogen (secondary N) is 1. The molecule has 162 valence electrons. The molecule has 0 spiro atoms. The summed E-state index contributed by atoms with van der Waals surface area (Å²) >= 11 is 0. The highest BCUT2D eigenvalue weighted by Gasteiger charge is 2.04. The van der Waals surface area contributed by atoms with Gasteiger partial charge in [-0.15, -0.1) is 0 Å². The van der Waals surface area contributed by atoms with Crippen LogP contribution in [0, 0.1) is 11.3 Å². The molecule has 6 heteroatoms. The molecule has 3 aromatic rings. The summed E-state index contributed by atoms with van der Waals surface area (Å²) in [4.78, 5) is 14.3. The molecule has 0 unspecified atom stereocenters. The number of ether oxygens (including phenoxy) is 1. The third-order valence-electron chi connectivity index (χ3n) is 5.00. The van der Waals surface area contributed by atoms with Crippen LogP contribution in [0.1, 0.15) is 25.0 Å². The number of amides is 1. The Morgan fingerprint density at radius 2 is 1.56 bits per heavy atom. The Kier molecular flexibility index (Phi) is 7.99. The zero-order valence-corrected chi connectivity index (χ0v) is 18.3. The number of rotatable bonds is 9. The van der Waals surface area contributed by atoms with E-state index < -0.39 is 0 Å². The summed E-state index contributed by atoms with van der Waals surface area (Å²) in [5.74, 6) is 0.255. The molecule has 0 saturated heterocycles. The SMILES string of the molecule is CCN(CC)c1ccc(/C=N\NC(=O)COc2ccc(-c3ccc(C#N)cc3)cc2)cc1. The van der Waals surface area contributed by atoms with Crippen LogP contribution in [-0.2, 0) is 4.79 Å². The van der Waals surface area contributed by atoms with Crippen LogP contribution in [0.2, 0.25) is 0 Å². The molecular formula is C26H26N4O2. The van der Waals surface area contributed by atoms with Gasteiger partial charge in [0.1, 0.15) is 5.75 Å². The highest BCUT2D eigenvalue weighted by Crippen LogP contribution is 2.22. The minimum absolute atomic E-state index is 0.131. The lowest BCUT2D eigenvalue weighted by molar-refractivity contribution is -0.123. The second-order valence-electron chi connectivity index (χ2n) is 7.06. The molecule has 1 amide bonds. The zero-order chi connectivity index (χ0) is 22.8. The van der Waals surface area contributed by atoms with Gasteiger partial charge in [0.25, 0.3) is 5.91 Å². The highest BCUT2D eigenvalue weighted by molar-refractivity contribution is 5.83. The van der Waals surface area contributed by atoms with Gasteiger partial charge >= 0.3 is 0 Å². The third kappa shape index (κ3) is 6.19. The number of nitriles is 1. The van der Waals surface area contributed by atoms with Crippen molar-refractivity contribution in [3.8, 4) is 22.9 Å². The molecule has 0 aromatic heterocycles. The Hall–Kier alpha value is -4.11. The second kappa shape index (κ2) is 11.3. The van der Waals surface area contributed by atoms with Gasteiger partial charge in [-0.25, -0.2) is 5.43 Å². The molecule has 6 nitrogen and oxygen atoms in total. The summed E-state index contributed by atoms with van der Waals surface area (Å²) in [6, 6.07) is 24.9. The number of nitrogens with zero attached hydrogens (tertiary/aromatic N) is 3. The smallest absolute Gasteiger partial charge is 0.277 e. The van der Waals surface area contributed by atoms with E-state index >= 15 is 0 Å². The first-order valence-electron chi connectivity index (χ1n) is 10.5.